The fourth-order valence-corrected chi connectivity index (χ4v) is 2.08. The lowest BCUT2D eigenvalue weighted by atomic mass is 10.3. The van der Waals surface area contributed by atoms with Gasteiger partial charge in [-0.2, -0.15) is 0 Å². The highest BCUT2D eigenvalue weighted by molar-refractivity contribution is 6.33. The summed E-state index contributed by atoms with van der Waals surface area (Å²) in [6.45, 7) is 0. The van der Waals surface area contributed by atoms with Gasteiger partial charge in [0, 0.05) is 0 Å². The molecule has 0 aliphatic rings. The van der Waals surface area contributed by atoms with E-state index in [2.05, 4.69) is 0 Å². The van der Waals surface area contributed by atoms with Crippen molar-refractivity contribution < 1.29 is 9.47 Å². The Hall–Kier alpha value is -2.45. The maximum Gasteiger partial charge on any atom is 0.149 e. The zero-order valence-corrected chi connectivity index (χ0v) is 12.0. The highest BCUT2D eigenvalue weighted by Gasteiger charge is 2.10. The molecule has 0 N–H and O–H groups in total. The SMILES string of the molecule is Clc1c(Oc2ccccc2)cccc1Oc1ccccc1. The lowest BCUT2D eigenvalue weighted by Gasteiger charge is -2.11. The van der Waals surface area contributed by atoms with Crippen molar-refractivity contribution in [3.8, 4) is 23.0 Å². The minimum absolute atomic E-state index is 0.449. The highest BCUT2D eigenvalue weighted by atomic mass is 35.5. The minimum atomic E-state index is 0.449. The Morgan fingerprint density at radius 3 is 1.38 bits per heavy atom. The van der Waals surface area contributed by atoms with Crippen molar-refractivity contribution >= 4 is 11.6 Å². The molecule has 3 rings (SSSR count). The van der Waals surface area contributed by atoms with Crippen molar-refractivity contribution in [1.82, 2.24) is 0 Å². The van der Waals surface area contributed by atoms with Crippen LogP contribution in [0.15, 0.2) is 78.9 Å². The quantitative estimate of drug-likeness (QED) is 0.594. The number of halogens is 1. The summed E-state index contributed by atoms with van der Waals surface area (Å²) in [6.07, 6.45) is 0. The number of hydrogen-bond acceptors (Lipinski definition) is 2. The lowest BCUT2D eigenvalue weighted by molar-refractivity contribution is 0.461. The topological polar surface area (TPSA) is 18.5 Å². The predicted octanol–water partition coefficient (Wildman–Crippen LogP) is 5.92. The molecule has 0 aliphatic carbocycles. The van der Waals surface area contributed by atoms with Crippen molar-refractivity contribution in [3.63, 3.8) is 0 Å². The summed E-state index contributed by atoms with van der Waals surface area (Å²) in [5, 5.41) is 0.449. The zero-order chi connectivity index (χ0) is 14.5. The van der Waals surface area contributed by atoms with Gasteiger partial charge in [0.25, 0.3) is 0 Å². The molecule has 2 nitrogen and oxygen atoms in total. The van der Waals surface area contributed by atoms with Crippen molar-refractivity contribution in [3.05, 3.63) is 83.9 Å². The normalized spacial score (nSPS) is 10.1. The summed E-state index contributed by atoms with van der Waals surface area (Å²) < 4.78 is 11.6. The molecule has 104 valence electrons. The van der Waals surface area contributed by atoms with E-state index in [9.17, 15) is 0 Å². The third-order valence-corrected chi connectivity index (χ3v) is 3.24. The molecule has 0 heterocycles. The molecule has 0 atom stereocenters. The Morgan fingerprint density at radius 1 is 0.524 bits per heavy atom. The molecule has 3 aromatic carbocycles. The summed E-state index contributed by atoms with van der Waals surface area (Å²) in [7, 11) is 0. The molecule has 0 bridgehead atoms. The number of para-hydroxylation sites is 2. The molecule has 0 saturated carbocycles. The van der Waals surface area contributed by atoms with Crippen LogP contribution in [0.5, 0.6) is 23.0 Å². The molecule has 0 saturated heterocycles. The first-order valence-corrected chi connectivity index (χ1v) is 6.95. The molecule has 0 fully saturated rings. The van der Waals surface area contributed by atoms with Gasteiger partial charge in [-0.25, -0.2) is 0 Å². The second kappa shape index (κ2) is 6.33. The van der Waals surface area contributed by atoms with Crippen LogP contribution in [0.4, 0.5) is 0 Å². The molecule has 0 aromatic heterocycles. The summed E-state index contributed by atoms with van der Waals surface area (Å²) in [6, 6.07) is 24.5. The Morgan fingerprint density at radius 2 is 0.952 bits per heavy atom. The van der Waals surface area contributed by atoms with Gasteiger partial charge in [0.2, 0.25) is 0 Å². The molecule has 0 radical (unpaired) electrons. The number of hydrogen-bond donors (Lipinski definition) is 0. The van der Waals surface area contributed by atoms with Gasteiger partial charge in [-0.05, 0) is 36.4 Å². The van der Waals surface area contributed by atoms with Crippen LogP contribution in [0.25, 0.3) is 0 Å². The van der Waals surface area contributed by atoms with Crippen LogP contribution < -0.4 is 9.47 Å². The Balaban J connectivity index is 1.85. The van der Waals surface area contributed by atoms with Crippen LogP contribution in [0, 0.1) is 0 Å². The molecular weight excluding hydrogens is 284 g/mol. The first-order chi connectivity index (χ1) is 10.3. The van der Waals surface area contributed by atoms with E-state index in [0.29, 0.717) is 16.5 Å². The fraction of sp³-hybridized carbons (Fsp3) is 0. The van der Waals surface area contributed by atoms with Crippen LogP contribution in [0.2, 0.25) is 5.02 Å². The van der Waals surface area contributed by atoms with Crippen LogP contribution in [-0.2, 0) is 0 Å². The van der Waals surface area contributed by atoms with Gasteiger partial charge < -0.3 is 9.47 Å². The average molecular weight is 297 g/mol. The predicted molar refractivity (Wildman–Crippen MR) is 84.5 cm³/mol. The first-order valence-electron chi connectivity index (χ1n) is 6.57. The van der Waals surface area contributed by atoms with E-state index in [1.807, 2.05) is 78.9 Å². The van der Waals surface area contributed by atoms with Crippen molar-refractivity contribution in [2.24, 2.45) is 0 Å². The van der Waals surface area contributed by atoms with Gasteiger partial charge >= 0.3 is 0 Å². The Kier molecular flexibility index (Phi) is 4.08. The number of benzene rings is 3. The van der Waals surface area contributed by atoms with Crippen LogP contribution in [0.3, 0.4) is 0 Å². The van der Waals surface area contributed by atoms with Gasteiger partial charge in [-0.3, -0.25) is 0 Å². The molecule has 21 heavy (non-hydrogen) atoms. The van der Waals surface area contributed by atoms with Crippen LogP contribution >= 0.6 is 11.6 Å². The maximum atomic E-state index is 6.36. The van der Waals surface area contributed by atoms with Gasteiger partial charge in [-0.1, -0.05) is 54.1 Å². The van der Waals surface area contributed by atoms with E-state index in [1.54, 1.807) is 0 Å². The molecule has 0 aliphatic heterocycles. The monoisotopic (exact) mass is 296 g/mol. The number of rotatable bonds is 4. The first kappa shape index (κ1) is 13.5. The molecule has 0 amide bonds. The third-order valence-electron chi connectivity index (χ3n) is 2.87. The average Bonchev–Trinajstić information content (AvgIpc) is 2.53. The van der Waals surface area contributed by atoms with E-state index < -0.39 is 0 Å². The second-order valence-electron chi connectivity index (χ2n) is 4.40. The summed E-state index contributed by atoms with van der Waals surface area (Å²) in [5.74, 6) is 2.60. The summed E-state index contributed by atoms with van der Waals surface area (Å²) in [5.41, 5.74) is 0. The lowest BCUT2D eigenvalue weighted by Crippen LogP contribution is -1.89. The van der Waals surface area contributed by atoms with E-state index in [-0.39, 0.29) is 0 Å². The van der Waals surface area contributed by atoms with Crippen molar-refractivity contribution in [1.29, 1.82) is 0 Å². The fourth-order valence-electron chi connectivity index (χ4n) is 1.88. The van der Waals surface area contributed by atoms with E-state index in [1.165, 1.54) is 0 Å². The Bertz CT molecular complexity index is 652. The van der Waals surface area contributed by atoms with Crippen molar-refractivity contribution in [2.45, 2.75) is 0 Å². The zero-order valence-electron chi connectivity index (χ0n) is 11.2. The van der Waals surface area contributed by atoms with E-state index in [4.69, 9.17) is 21.1 Å². The third kappa shape index (κ3) is 3.36. The van der Waals surface area contributed by atoms with E-state index in [0.717, 1.165) is 11.5 Å². The van der Waals surface area contributed by atoms with Gasteiger partial charge in [0.15, 0.2) is 0 Å². The second-order valence-corrected chi connectivity index (χ2v) is 4.78. The summed E-state index contributed by atoms with van der Waals surface area (Å²) >= 11 is 6.36. The van der Waals surface area contributed by atoms with Gasteiger partial charge in [0.05, 0.1) is 0 Å². The molecular formula is C18H13ClO2. The smallest absolute Gasteiger partial charge is 0.149 e. The highest BCUT2D eigenvalue weighted by Crippen LogP contribution is 2.38. The van der Waals surface area contributed by atoms with Crippen LogP contribution in [0.1, 0.15) is 0 Å². The molecule has 3 aromatic rings. The maximum absolute atomic E-state index is 6.36. The van der Waals surface area contributed by atoms with Crippen LogP contribution in [-0.4, -0.2) is 0 Å². The Labute approximate surface area is 128 Å². The summed E-state index contributed by atoms with van der Waals surface area (Å²) in [4.78, 5) is 0. The molecule has 0 spiro atoms. The minimum Gasteiger partial charge on any atom is -0.456 e. The van der Waals surface area contributed by atoms with E-state index >= 15 is 0 Å². The standard InChI is InChI=1S/C18H13ClO2/c19-18-16(20-14-8-3-1-4-9-14)12-7-13-17(18)21-15-10-5-2-6-11-15/h1-13H. The van der Waals surface area contributed by atoms with Gasteiger partial charge in [0.1, 0.15) is 28.0 Å². The van der Waals surface area contributed by atoms with Crippen molar-refractivity contribution in [2.75, 3.05) is 0 Å². The molecule has 3 heteroatoms. The largest absolute Gasteiger partial charge is 0.456 e. The number of ether oxygens (including phenoxy) is 2. The molecule has 0 unspecified atom stereocenters. The van der Waals surface area contributed by atoms with Gasteiger partial charge in [-0.15, -0.1) is 0 Å².